The second kappa shape index (κ2) is 4.91. The summed E-state index contributed by atoms with van der Waals surface area (Å²) in [4.78, 5) is 23.3. The first kappa shape index (κ1) is 12.8. The van der Waals surface area contributed by atoms with Gasteiger partial charge in [0, 0.05) is 0 Å². The molecule has 1 aromatic carbocycles. The van der Waals surface area contributed by atoms with Gasteiger partial charge in [0.05, 0.1) is 23.9 Å². The van der Waals surface area contributed by atoms with Crippen molar-refractivity contribution in [3.8, 4) is 5.75 Å². The number of hydrogen-bond donors (Lipinski definition) is 0. The third kappa shape index (κ3) is 2.16. The van der Waals surface area contributed by atoms with Crippen LogP contribution in [0.25, 0.3) is 0 Å². The van der Waals surface area contributed by atoms with Gasteiger partial charge in [0.2, 0.25) is 5.91 Å². The van der Waals surface area contributed by atoms with Crippen LogP contribution >= 0.6 is 24.0 Å². The second-order valence-corrected chi connectivity index (χ2v) is 5.00. The van der Waals surface area contributed by atoms with Gasteiger partial charge < -0.3 is 4.74 Å². The van der Waals surface area contributed by atoms with Crippen LogP contribution in [-0.4, -0.2) is 28.0 Å². The highest BCUT2D eigenvalue weighted by molar-refractivity contribution is 8.24. The maximum absolute atomic E-state index is 11.7. The monoisotopic (exact) mass is 284 g/mol. The van der Waals surface area contributed by atoms with Crippen LogP contribution in [0.15, 0.2) is 18.2 Å². The van der Waals surface area contributed by atoms with Crippen molar-refractivity contribution in [2.75, 3.05) is 17.8 Å². The molecule has 0 unspecified atom stereocenters. The molecule has 94 valence electrons. The fraction of sp³-hybridized carbons (Fsp3) is 0.200. The van der Waals surface area contributed by atoms with Crippen molar-refractivity contribution in [3.63, 3.8) is 0 Å². The summed E-state index contributed by atoms with van der Waals surface area (Å²) in [6.07, 6.45) is 0. The molecule has 0 radical (unpaired) electrons. The van der Waals surface area contributed by atoms with E-state index in [1.54, 1.807) is 6.07 Å². The molecule has 1 aliphatic heterocycles. The van der Waals surface area contributed by atoms with Crippen molar-refractivity contribution in [3.05, 3.63) is 28.3 Å². The minimum absolute atomic E-state index is 0.181. The Morgan fingerprint density at radius 2 is 2.28 bits per heavy atom. The molecule has 1 heterocycles. The second-order valence-electron chi connectivity index (χ2n) is 3.40. The van der Waals surface area contributed by atoms with Crippen LogP contribution in [0.2, 0.25) is 0 Å². The Morgan fingerprint density at radius 1 is 1.56 bits per heavy atom. The predicted octanol–water partition coefficient (Wildman–Crippen LogP) is 1.97. The summed E-state index contributed by atoms with van der Waals surface area (Å²) in [5.74, 6) is 0.316. The third-order valence-corrected chi connectivity index (χ3v) is 3.73. The Hall–Kier alpha value is -1.67. The van der Waals surface area contributed by atoms with Crippen LogP contribution in [0, 0.1) is 10.1 Å². The average molecular weight is 284 g/mol. The van der Waals surface area contributed by atoms with Gasteiger partial charge in [-0.25, -0.2) is 0 Å². The first-order valence-corrected chi connectivity index (χ1v) is 6.26. The number of rotatable bonds is 3. The van der Waals surface area contributed by atoms with Gasteiger partial charge in [0.25, 0.3) is 5.69 Å². The highest BCUT2D eigenvalue weighted by Gasteiger charge is 2.33. The first-order chi connectivity index (χ1) is 8.54. The number of benzene rings is 1. The maximum atomic E-state index is 11.7. The molecule has 1 aliphatic rings. The van der Waals surface area contributed by atoms with E-state index in [0.29, 0.717) is 10.1 Å². The lowest BCUT2D eigenvalue weighted by molar-refractivity contribution is -0.384. The molecule has 2 rings (SSSR count). The number of nitrogens with zero attached hydrogens (tertiary/aromatic N) is 2. The number of hydrogen-bond acceptors (Lipinski definition) is 6. The smallest absolute Gasteiger partial charge is 0.297 e. The van der Waals surface area contributed by atoms with Gasteiger partial charge in [-0.05, 0) is 12.1 Å². The highest BCUT2D eigenvalue weighted by atomic mass is 32.2. The molecule has 1 amide bonds. The maximum Gasteiger partial charge on any atom is 0.297 e. The fourth-order valence-electron chi connectivity index (χ4n) is 1.55. The SMILES string of the molecule is COc1ccc(N2C(=O)CSC2=S)c([N+](=O)[O-])c1. The number of thiocarbonyl (C=S) groups is 1. The van der Waals surface area contributed by atoms with E-state index in [9.17, 15) is 14.9 Å². The van der Waals surface area contributed by atoms with E-state index in [1.807, 2.05) is 0 Å². The molecule has 0 N–H and O–H groups in total. The van der Waals surface area contributed by atoms with Crippen molar-refractivity contribution in [1.82, 2.24) is 0 Å². The quantitative estimate of drug-likeness (QED) is 0.480. The summed E-state index contributed by atoms with van der Waals surface area (Å²) in [5.41, 5.74) is -0.0200. The van der Waals surface area contributed by atoms with E-state index < -0.39 is 4.92 Å². The molecule has 1 saturated heterocycles. The van der Waals surface area contributed by atoms with Gasteiger partial charge >= 0.3 is 0 Å². The van der Waals surface area contributed by atoms with E-state index in [2.05, 4.69) is 0 Å². The number of ether oxygens (including phenoxy) is 1. The molecule has 0 atom stereocenters. The molecular weight excluding hydrogens is 276 g/mol. The number of nitro benzene ring substituents is 1. The fourth-order valence-corrected chi connectivity index (χ4v) is 2.63. The summed E-state index contributed by atoms with van der Waals surface area (Å²) < 4.78 is 5.26. The summed E-state index contributed by atoms with van der Waals surface area (Å²) >= 11 is 6.21. The van der Waals surface area contributed by atoms with E-state index in [-0.39, 0.29) is 23.0 Å². The Bertz CT molecular complexity index is 531. The van der Waals surface area contributed by atoms with Crippen molar-refractivity contribution in [1.29, 1.82) is 0 Å². The van der Waals surface area contributed by atoms with Gasteiger partial charge in [-0.15, -0.1) is 0 Å². The van der Waals surface area contributed by atoms with Crippen LogP contribution in [0.1, 0.15) is 0 Å². The lowest BCUT2D eigenvalue weighted by Gasteiger charge is -2.15. The first-order valence-electron chi connectivity index (χ1n) is 4.86. The van der Waals surface area contributed by atoms with Crippen LogP contribution in [0.3, 0.4) is 0 Å². The largest absolute Gasteiger partial charge is 0.496 e. The van der Waals surface area contributed by atoms with Crippen LogP contribution in [-0.2, 0) is 4.79 Å². The minimum Gasteiger partial charge on any atom is -0.496 e. The Balaban J connectivity index is 2.53. The van der Waals surface area contributed by atoms with Gasteiger partial charge in [-0.2, -0.15) is 0 Å². The Labute approximate surface area is 112 Å². The minimum atomic E-state index is -0.559. The number of anilines is 1. The summed E-state index contributed by atoms with van der Waals surface area (Å²) in [5, 5.41) is 11.0. The molecule has 1 fully saturated rings. The molecule has 0 aromatic heterocycles. The normalized spacial score (nSPS) is 15.1. The topological polar surface area (TPSA) is 72.7 Å². The van der Waals surface area contributed by atoms with Gasteiger partial charge in [0.15, 0.2) is 0 Å². The lowest BCUT2D eigenvalue weighted by Crippen LogP contribution is -2.28. The molecular formula is C10H8N2O4S2. The summed E-state index contributed by atoms with van der Waals surface area (Å²) in [6, 6.07) is 4.29. The molecule has 6 nitrogen and oxygen atoms in total. The van der Waals surface area contributed by atoms with Crippen LogP contribution < -0.4 is 9.64 Å². The average Bonchev–Trinajstić information content (AvgIpc) is 2.68. The zero-order valence-corrected chi connectivity index (χ0v) is 10.9. The molecule has 8 heteroatoms. The van der Waals surface area contributed by atoms with Crippen molar-refractivity contribution in [2.45, 2.75) is 0 Å². The lowest BCUT2D eigenvalue weighted by atomic mass is 10.2. The van der Waals surface area contributed by atoms with E-state index in [1.165, 1.54) is 35.9 Å². The standard InChI is InChI=1S/C10H8N2O4S2/c1-16-6-2-3-7(8(4-6)12(14)15)11-9(13)5-18-10(11)17/h2-4H,5H2,1H3. The van der Waals surface area contributed by atoms with Crippen molar-refractivity contribution in [2.24, 2.45) is 0 Å². The number of nitro groups is 1. The van der Waals surface area contributed by atoms with Gasteiger partial charge in [0.1, 0.15) is 15.8 Å². The van der Waals surface area contributed by atoms with E-state index in [4.69, 9.17) is 17.0 Å². The van der Waals surface area contributed by atoms with Gasteiger partial charge in [-0.1, -0.05) is 24.0 Å². The Kier molecular flexibility index (Phi) is 3.48. The van der Waals surface area contributed by atoms with Crippen LogP contribution in [0.4, 0.5) is 11.4 Å². The summed E-state index contributed by atoms with van der Waals surface area (Å²) in [6.45, 7) is 0. The molecule has 0 saturated carbocycles. The highest BCUT2D eigenvalue weighted by Crippen LogP contribution is 2.36. The number of thioether (sulfide) groups is 1. The molecule has 0 bridgehead atoms. The number of amides is 1. The van der Waals surface area contributed by atoms with E-state index in [0.717, 1.165) is 0 Å². The number of carbonyl (C=O) groups excluding carboxylic acids is 1. The number of carbonyl (C=O) groups is 1. The molecule has 0 spiro atoms. The molecule has 1 aromatic rings. The van der Waals surface area contributed by atoms with Gasteiger partial charge in [-0.3, -0.25) is 19.8 Å². The predicted molar refractivity (Wildman–Crippen MR) is 72.2 cm³/mol. The van der Waals surface area contributed by atoms with E-state index >= 15 is 0 Å². The third-order valence-electron chi connectivity index (χ3n) is 2.37. The molecule has 0 aliphatic carbocycles. The zero-order chi connectivity index (χ0) is 13.3. The molecule has 18 heavy (non-hydrogen) atoms. The Morgan fingerprint density at radius 3 is 2.78 bits per heavy atom. The van der Waals surface area contributed by atoms with Crippen LogP contribution in [0.5, 0.6) is 5.75 Å². The van der Waals surface area contributed by atoms with Crippen molar-refractivity contribution >= 4 is 45.6 Å². The number of methoxy groups -OCH3 is 1. The van der Waals surface area contributed by atoms with Crippen molar-refractivity contribution < 1.29 is 14.5 Å². The zero-order valence-electron chi connectivity index (χ0n) is 9.28. The summed E-state index contributed by atoms with van der Waals surface area (Å²) in [7, 11) is 1.42.